The van der Waals surface area contributed by atoms with Crippen molar-refractivity contribution in [3.8, 4) is 0 Å². The number of hydrogen-bond donors (Lipinski definition) is 0. The molecule has 0 spiro atoms. The van der Waals surface area contributed by atoms with Crippen LogP contribution in [0.3, 0.4) is 0 Å². The minimum Gasteiger partial charge on any atom is -0.469 e. The van der Waals surface area contributed by atoms with Gasteiger partial charge in [-0.15, -0.1) is 0 Å². The Hall–Kier alpha value is -1.10. The minimum absolute atomic E-state index is 0.112. The lowest BCUT2D eigenvalue weighted by Gasteiger charge is -2.31. The van der Waals surface area contributed by atoms with Crippen molar-refractivity contribution in [1.29, 1.82) is 0 Å². The van der Waals surface area contributed by atoms with Gasteiger partial charge in [-0.2, -0.15) is 0 Å². The molecule has 1 fully saturated rings. The van der Waals surface area contributed by atoms with Crippen LogP contribution in [-0.2, 0) is 14.3 Å². The summed E-state index contributed by atoms with van der Waals surface area (Å²) in [7, 11) is 3.16. The van der Waals surface area contributed by atoms with Gasteiger partial charge in [0.15, 0.2) is 0 Å². The molecule has 0 aliphatic carbocycles. The lowest BCUT2D eigenvalue weighted by atomic mass is 10.3. The summed E-state index contributed by atoms with van der Waals surface area (Å²) in [4.78, 5) is 25.8. The maximum Gasteiger partial charge on any atom is 0.306 e. The number of methoxy groups -OCH3 is 1. The molecule has 0 atom stereocenters. The number of rotatable bonds is 3. The number of likely N-dealkylation sites (N-methyl/N-ethyl adjacent to an activating group) is 1. The molecule has 1 rings (SSSR count). The number of piperazine rings is 1. The Balaban J connectivity index is 2.26. The molecular formula is C9H16N2O3. The summed E-state index contributed by atoms with van der Waals surface area (Å²) < 4.78 is 4.53. The van der Waals surface area contributed by atoms with Gasteiger partial charge < -0.3 is 9.64 Å². The van der Waals surface area contributed by atoms with Crippen LogP contribution >= 0.6 is 0 Å². The van der Waals surface area contributed by atoms with Crippen molar-refractivity contribution in [2.45, 2.75) is 6.42 Å². The zero-order valence-electron chi connectivity index (χ0n) is 8.65. The molecule has 5 nitrogen and oxygen atoms in total. The fourth-order valence-corrected chi connectivity index (χ4v) is 1.35. The lowest BCUT2D eigenvalue weighted by molar-refractivity contribution is -0.142. The Kier molecular flexibility index (Phi) is 3.88. The van der Waals surface area contributed by atoms with Gasteiger partial charge >= 0.3 is 5.97 Å². The van der Waals surface area contributed by atoms with Gasteiger partial charge in [0.25, 0.3) is 0 Å². The molecule has 5 heteroatoms. The smallest absolute Gasteiger partial charge is 0.306 e. The molecule has 0 bridgehead atoms. The average Bonchev–Trinajstić information content (AvgIpc) is 2.19. The first-order valence-electron chi connectivity index (χ1n) is 4.66. The highest BCUT2D eigenvalue weighted by atomic mass is 16.5. The van der Waals surface area contributed by atoms with E-state index in [1.165, 1.54) is 7.11 Å². The van der Waals surface area contributed by atoms with Crippen LogP contribution in [-0.4, -0.2) is 62.0 Å². The third kappa shape index (κ3) is 2.99. The zero-order chi connectivity index (χ0) is 10.6. The highest BCUT2D eigenvalue weighted by molar-refractivity contribution is 5.78. The topological polar surface area (TPSA) is 49.9 Å². The molecule has 0 radical (unpaired) electrons. The summed E-state index contributed by atoms with van der Waals surface area (Å²) in [6.45, 7) is 2.58. The van der Waals surface area contributed by atoms with E-state index in [1.54, 1.807) is 11.9 Å². The van der Waals surface area contributed by atoms with E-state index in [0.717, 1.165) is 13.1 Å². The van der Waals surface area contributed by atoms with Crippen LogP contribution < -0.4 is 0 Å². The second-order valence-electron chi connectivity index (χ2n) is 3.42. The number of carbonyl (C=O) groups excluding carboxylic acids is 2. The Bertz CT molecular complexity index is 230. The van der Waals surface area contributed by atoms with E-state index in [1.807, 2.05) is 4.90 Å². The summed E-state index contributed by atoms with van der Waals surface area (Å²) in [6, 6.07) is 0. The highest BCUT2D eigenvalue weighted by Gasteiger charge is 2.20. The van der Waals surface area contributed by atoms with E-state index in [4.69, 9.17) is 0 Å². The van der Waals surface area contributed by atoms with E-state index in [2.05, 4.69) is 4.74 Å². The monoisotopic (exact) mass is 200 g/mol. The molecule has 0 saturated carbocycles. The van der Waals surface area contributed by atoms with Crippen molar-refractivity contribution < 1.29 is 14.3 Å². The van der Waals surface area contributed by atoms with E-state index < -0.39 is 0 Å². The maximum atomic E-state index is 11.3. The second kappa shape index (κ2) is 4.95. The number of nitrogens with zero attached hydrogens (tertiary/aromatic N) is 2. The molecule has 1 aliphatic rings. The van der Waals surface area contributed by atoms with Crippen molar-refractivity contribution in [3.63, 3.8) is 0 Å². The van der Waals surface area contributed by atoms with Crippen LogP contribution in [0, 0.1) is 0 Å². The lowest BCUT2D eigenvalue weighted by Crippen LogP contribution is -2.48. The van der Waals surface area contributed by atoms with Gasteiger partial charge in [-0.1, -0.05) is 0 Å². The number of amides is 1. The van der Waals surface area contributed by atoms with Gasteiger partial charge in [0, 0.05) is 26.7 Å². The van der Waals surface area contributed by atoms with Crippen molar-refractivity contribution in [1.82, 2.24) is 9.80 Å². The van der Waals surface area contributed by atoms with Gasteiger partial charge in [0.1, 0.15) is 0 Å². The molecule has 0 N–H and O–H groups in total. The van der Waals surface area contributed by atoms with E-state index in [0.29, 0.717) is 19.5 Å². The molecule has 0 unspecified atom stereocenters. The third-order valence-corrected chi connectivity index (χ3v) is 2.40. The number of carbonyl (C=O) groups is 2. The molecule has 0 aromatic rings. The second-order valence-corrected chi connectivity index (χ2v) is 3.42. The third-order valence-electron chi connectivity index (χ3n) is 2.40. The standard InChI is InChI=1S/C9H16N2O3/c1-10-5-6-11(7-8(10)12)4-3-9(13)14-2/h3-7H2,1-2H3. The highest BCUT2D eigenvalue weighted by Crippen LogP contribution is 2.01. The van der Waals surface area contributed by atoms with Crippen molar-refractivity contribution in [2.24, 2.45) is 0 Å². The average molecular weight is 200 g/mol. The summed E-state index contributed by atoms with van der Waals surface area (Å²) in [5, 5.41) is 0. The first kappa shape index (κ1) is 11.0. The van der Waals surface area contributed by atoms with Crippen molar-refractivity contribution in [3.05, 3.63) is 0 Å². The van der Waals surface area contributed by atoms with Crippen LogP contribution in [0.15, 0.2) is 0 Å². The van der Waals surface area contributed by atoms with E-state index in [-0.39, 0.29) is 11.9 Å². The van der Waals surface area contributed by atoms with Crippen LogP contribution in [0.25, 0.3) is 0 Å². The predicted molar refractivity (Wildman–Crippen MR) is 50.7 cm³/mol. The normalized spacial score (nSPS) is 18.4. The fraction of sp³-hybridized carbons (Fsp3) is 0.778. The number of ether oxygens (including phenoxy) is 1. The Morgan fingerprint density at radius 1 is 1.50 bits per heavy atom. The van der Waals surface area contributed by atoms with Gasteiger partial charge in [-0.3, -0.25) is 14.5 Å². The number of hydrogen-bond acceptors (Lipinski definition) is 4. The maximum absolute atomic E-state index is 11.3. The summed E-state index contributed by atoms with van der Waals surface area (Å²) in [5.41, 5.74) is 0. The number of esters is 1. The Labute approximate surface area is 83.6 Å². The van der Waals surface area contributed by atoms with Gasteiger partial charge in [-0.25, -0.2) is 0 Å². The summed E-state index contributed by atoms with van der Waals surface area (Å²) in [5.74, 6) is -0.113. The summed E-state index contributed by atoms with van der Waals surface area (Å²) >= 11 is 0. The van der Waals surface area contributed by atoms with Crippen molar-refractivity contribution in [2.75, 3.05) is 40.3 Å². The summed E-state index contributed by atoms with van der Waals surface area (Å²) in [6.07, 6.45) is 0.355. The minimum atomic E-state index is -0.226. The van der Waals surface area contributed by atoms with Gasteiger partial charge in [-0.05, 0) is 0 Å². The van der Waals surface area contributed by atoms with Crippen molar-refractivity contribution >= 4 is 11.9 Å². The first-order chi connectivity index (χ1) is 6.63. The Morgan fingerprint density at radius 2 is 2.21 bits per heavy atom. The quantitative estimate of drug-likeness (QED) is 0.567. The van der Waals surface area contributed by atoms with Crippen LogP contribution in [0.2, 0.25) is 0 Å². The molecule has 0 aromatic carbocycles. The van der Waals surface area contributed by atoms with Crippen LogP contribution in [0.4, 0.5) is 0 Å². The largest absolute Gasteiger partial charge is 0.469 e. The van der Waals surface area contributed by atoms with E-state index >= 15 is 0 Å². The fourth-order valence-electron chi connectivity index (χ4n) is 1.35. The molecular weight excluding hydrogens is 184 g/mol. The van der Waals surface area contributed by atoms with Gasteiger partial charge in [0.05, 0.1) is 20.1 Å². The molecule has 1 amide bonds. The predicted octanol–water partition coefficient (Wildman–Crippen LogP) is -0.676. The molecule has 1 heterocycles. The molecule has 14 heavy (non-hydrogen) atoms. The molecule has 80 valence electrons. The zero-order valence-corrected chi connectivity index (χ0v) is 8.65. The van der Waals surface area contributed by atoms with Crippen LogP contribution in [0.1, 0.15) is 6.42 Å². The first-order valence-corrected chi connectivity index (χ1v) is 4.66. The molecule has 0 aromatic heterocycles. The van der Waals surface area contributed by atoms with Gasteiger partial charge in [0.2, 0.25) is 5.91 Å². The van der Waals surface area contributed by atoms with E-state index in [9.17, 15) is 9.59 Å². The molecule has 1 saturated heterocycles. The Morgan fingerprint density at radius 3 is 2.79 bits per heavy atom. The van der Waals surface area contributed by atoms with Crippen LogP contribution in [0.5, 0.6) is 0 Å². The molecule has 1 aliphatic heterocycles. The SMILES string of the molecule is COC(=O)CCN1CCN(C)C(=O)C1.